The smallest absolute Gasteiger partial charge is 0.221 e. The van der Waals surface area contributed by atoms with Gasteiger partial charge in [-0.15, -0.1) is 6.58 Å². The topological polar surface area (TPSA) is 50.4 Å². The summed E-state index contributed by atoms with van der Waals surface area (Å²) in [4.78, 5) is 11.3. The van der Waals surface area contributed by atoms with Crippen molar-refractivity contribution in [3.8, 4) is 0 Å². The standard InChI is InChI=1S/C12H22N2O2/c1-2-3-9-16-10-8-14-12(15)6-7-13-11-4-5-11/h2,11,13H,1,3-10H2,(H,14,15). The second-order valence-electron chi connectivity index (χ2n) is 4.02. The van der Waals surface area contributed by atoms with E-state index in [1.54, 1.807) is 0 Å². The van der Waals surface area contributed by atoms with Gasteiger partial charge in [0.1, 0.15) is 0 Å². The molecule has 1 amide bonds. The molecule has 0 aromatic heterocycles. The average Bonchev–Trinajstić information content (AvgIpc) is 3.07. The van der Waals surface area contributed by atoms with Gasteiger partial charge in [-0.25, -0.2) is 0 Å². The molecule has 4 heteroatoms. The first-order valence-electron chi connectivity index (χ1n) is 6.01. The van der Waals surface area contributed by atoms with E-state index in [-0.39, 0.29) is 5.91 Å². The number of hydrogen-bond donors (Lipinski definition) is 2. The Morgan fingerprint density at radius 3 is 2.88 bits per heavy atom. The molecule has 0 radical (unpaired) electrons. The molecule has 1 aliphatic rings. The lowest BCUT2D eigenvalue weighted by atomic mass is 10.4. The Morgan fingerprint density at radius 1 is 1.38 bits per heavy atom. The highest BCUT2D eigenvalue weighted by Gasteiger charge is 2.19. The molecular formula is C12H22N2O2. The summed E-state index contributed by atoms with van der Waals surface area (Å²) in [6, 6.07) is 0.676. The van der Waals surface area contributed by atoms with E-state index in [0.717, 1.165) is 13.0 Å². The van der Waals surface area contributed by atoms with Crippen molar-refractivity contribution in [2.75, 3.05) is 26.3 Å². The quantitative estimate of drug-likeness (QED) is 0.429. The minimum Gasteiger partial charge on any atom is -0.379 e. The first-order valence-corrected chi connectivity index (χ1v) is 6.01. The van der Waals surface area contributed by atoms with E-state index in [9.17, 15) is 4.79 Å². The van der Waals surface area contributed by atoms with Crippen molar-refractivity contribution in [1.82, 2.24) is 10.6 Å². The average molecular weight is 226 g/mol. The number of rotatable bonds is 10. The zero-order valence-corrected chi connectivity index (χ0v) is 9.84. The fourth-order valence-corrected chi connectivity index (χ4v) is 1.30. The van der Waals surface area contributed by atoms with Gasteiger partial charge in [0.05, 0.1) is 13.2 Å². The number of hydrogen-bond acceptors (Lipinski definition) is 3. The number of carbonyl (C=O) groups excluding carboxylic acids is 1. The van der Waals surface area contributed by atoms with Gasteiger partial charge >= 0.3 is 0 Å². The minimum absolute atomic E-state index is 0.0977. The van der Waals surface area contributed by atoms with Gasteiger partial charge in [-0.1, -0.05) is 6.08 Å². The molecule has 0 aromatic rings. The second kappa shape index (κ2) is 8.30. The predicted molar refractivity (Wildman–Crippen MR) is 64.3 cm³/mol. The van der Waals surface area contributed by atoms with Crippen molar-refractivity contribution in [2.24, 2.45) is 0 Å². The minimum atomic E-state index is 0.0977. The third-order valence-corrected chi connectivity index (χ3v) is 2.40. The summed E-state index contributed by atoms with van der Waals surface area (Å²) in [5, 5.41) is 6.13. The highest BCUT2D eigenvalue weighted by atomic mass is 16.5. The van der Waals surface area contributed by atoms with Crippen molar-refractivity contribution in [3.63, 3.8) is 0 Å². The number of ether oxygens (including phenoxy) is 1. The van der Waals surface area contributed by atoms with Gasteiger partial charge < -0.3 is 15.4 Å². The van der Waals surface area contributed by atoms with Crippen LogP contribution in [0.2, 0.25) is 0 Å². The SMILES string of the molecule is C=CCCOCCNC(=O)CCNC1CC1. The molecule has 0 heterocycles. The molecule has 0 aliphatic heterocycles. The molecule has 0 unspecified atom stereocenters. The van der Waals surface area contributed by atoms with E-state index in [2.05, 4.69) is 17.2 Å². The van der Waals surface area contributed by atoms with Crippen LogP contribution in [-0.2, 0) is 9.53 Å². The molecule has 1 aliphatic carbocycles. The van der Waals surface area contributed by atoms with Crippen molar-refractivity contribution in [3.05, 3.63) is 12.7 Å². The Morgan fingerprint density at radius 2 is 2.19 bits per heavy atom. The molecule has 0 aromatic carbocycles. The largest absolute Gasteiger partial charge is 0.379 e. The molecule has 0 atom stereocenters. The van der Waals surface area contributed by atoms with E-state index in [1.807, 2.05) is 6.08 Å². The number of nitrogens with one attached hydrogen (secondary N) is 2. The third kappa shape index (κ3) is 7.43. The summed E-state index contributed by atoms with van der Waals surface area (Å²) in [7, 11) is 0. The summed E-state index contributed by atoms with van der Waals surface area (Å²) in [5.41, 5.74) is 0. The Balaban J connectivity index is 1.79. The van der Waals surface area contributed by atoms with Gasteiger partial charge in [0, 0.05) is 25.6 Å². The molecule has 92 valence electrons. The highest BCUT2D eigenvalue weighted by molar-refractivity contribution is 5.76. The summed E-state index contributed by atoms with van der Waals surface area (Å²) >= 11 is 0. The van der Waals surface area contributed by atoms with E-state index in [4.69, 9.17) is 4.74 Å². The van der Waals surface area contributed by atoms with E-state index < -0.39 is 0 Å². The summed E-state index contributed by atoms with van der Waals surface area (Å²) in [5.74, 6) is 0.0977. The van der Waals surface area contributed by atoms with Crippen LogP contribution in [0.15, 0.2) is 12.7 Å². The Hall–Kier alpha value is -0.870. The van der Waals surface area contributed by atoms with Crippen molar-refractivity contribution in [1.29, 1.82) is 0 Å². The Kier molecular flexibility index (Phi) is 6.85. The van der Waals surface area contributed by atoms with Crippen LogP contribution in [-0.4, -0.2) is 38.3 Å². The fraction of sp³-hybridized carbons (Fsp3) is 0.750. The van der Waals surface area contributed by atoms with Crippen molar-refractivity contribution < 1.29 is 9.53 Å². The molecule has 2 N–H and O–H groups in total. The van der Waals surface area contributed by atoms with Crippen molar-refractivity contribution in [2.45, 2.75) is 31.7 Å². The highest BCUT2D eigenvalue weighted by Crippen LogP contribution is 2.18. The zero-order chi connectivity index (χ0) is 11.6. The summed E-state index contributed by atoms with van der Waals surface area (Å²) in [6.07, 6.45) is 5.77. The van der Waals surface area contributed by atoms with Gasteiger partial charge in [0.2, 0.25) is 5.91 Å². The lowest BCUT2D eigenvalue weighted by Crippen LogP contribution is -2.30. The summed E-state index contributed by atoms with van der Waals surface area (Å²) < 4.78 is 5.28. The zero-order valence-electron chi connectivity index (χ0n) is 9.84. The van der Waals surface area contributed by atoms with Gasteiger partial charge in [0.15, 0.2) is 0 Å². The van der Waals surface area contributed by atoms with Crippen LogP contribution in [0.1, 0.15) is 25.7 Å². The van der Waals surface area contributed by atoms with Crippen LogP contribution in [0.25, 0.3) is 0 Å². The predicted octanol–water partition coefficient (Wildman–Crippen LogP) is 0.837. The molecule has 4 nitrogen and oxygen atoms in total. The third-order valence-electron chi connectivity index (χ3n) is 2.40. The maximum absolute atomic E-state index is 11.3. The molecule has 0 bridgehead atoms. The maximum atomic E-state index is 11.3. The summed E-state index contributed by atoms with van der Waals surface area (Å²) in [6.45, 7) is 6.25. The van der Waals surface area contributed by atoms with Crippen LogP contribution in [0.4, 0.5) is 0 Å². The van der Waals surface area contributed by atoms with Crippen LogP contribution in [0.3, 0.4) is 0 Å². The lowest BCUT2D eigenvalue weighted by Gasteiger charge is -2.06. The van der Waals surface area contributed by atoms with E-state index in [1.165, 1.54) is 12.8 Å². The van der Waals surface area contributed by atoms with E-state index in [0.29, 0.717) is 32.2 Å². The normalized spacial score (nSPS) is 14.8. The molecular weight excluding hydrogens is 204 g/mol. The Bertz CT molecular complexity index is 215. The first kappa shape index (κ1) is 13.2. The van der Waals surface area contributed by atoms with Crippen LogP contribution in [0.5, 0.6) is 0 Å². The fourth-order valence-electron chi connectivity index (χ4n) is 1.30. The lowest BCUT2D eigenvalue weighted by molar-refractivity contribution is -0.121. The molecule has 1 fully saturated rings. The molecule has 0 spiro atoms. The van der Waals surface area contributed by atoms with E-state index >= 15 is 0 Å². The van der Waals surface area contributed by atoms with Gasteiger partial charge in [0.25, 0.3) is 0 Å². The van der Waals surface area contributed by atoms with Crippen LogP contribution in [0, 0.1) is 0 Å². The van der Waals surface area contributed by atoms with Crippen LogP contribution >= 0.6 is 0 Å². The van der Waals surface area contributed by atoms with Crippen molar-refractivity contribution >= 4 is 5.91 Å². The number of amides is 1. The first-order chi connectivity index (χ1) is 7.83. The van der Waals surface area contributed by atoms with Gasteiger partial charge in [-0.3, -0.25) is 4.79 Å². The Labute approximate surface area is 97.4 Å². The molecule has 1 rings (SSSR count). The molecule has 16 heavy (non-hydrogen) atoms. The molecule has 0 saturated heterocycles. The molecule has 1 saturated carbocycles. The second-order valence-corrected chi connectivity index (χ2v) is 4.02. The van der Waals surface area contributed by atoms with Crippen LogP contribution < -0.4 is 10.6 Å². The van der Waals surface area contributed by atoms with Gasteiger partial charge in [-0.05, 0) is 19.3 Å². The monoisotopic (exact) mass is 226 g/mol. The number of carbonyl (C=O) groups is 1. The maximum Gasteiger partial charge on any atom is 0.221 e. The van der Waals surface area contributed by atoms with Gasteiger partial charge in [-0.2, -0.15) is 0 Å².